The van der Waals surface area contributed by atoms with Crippen LogP contribution in [0.15, 0.2) is 17.2 Å². The molecule has 1 aromatic rings. The van der Waals surface area contributed by atoms with Crippen LogP contribution in [-0.4, -0.2) is 32.5 Å². The van der Waals surface area contributed by atoms with Gasteiger partial charge in [0.2, 0.25) is 0 Å². The van der Waals surface area contributed by atoms with Crippen LogP contribution >= 0.6 is 11.8 Å². The maximum absolute atomic E-state index is 11.0. The molecule has 16 heavy (non-hydrogen) atoms. The first-order valence-electron chi connectivity index (χ1n) is 4.96. The Hall–Kier alpha value is -1.07. The molecule has 0 radical (unpaired) electrons. The number of hydrogen-bond acceptors (Lipinski definition) is 4. The van der Waals surface area contributed by atoms with Crippen molar-refractivity contribution in [2.45, 2.75) is 37.0 Å². The molecular weight excluding hydrogens is 226 g/mol. The van der Waals surface area contributed by atoms with Gasteiger partial charge >= 0.3 is 5.97 Å². The molecule has 2 atom stereocenters. The van der Waals surface area contributed by atoms with E-state index in [4.69, 9.17) is 5.11 Å². The van der Waals surface area contributed by atoms with E-state index < -0.39 is 12.1 Å². The number of aromatic nitrogens is 1. The molecule has 1 rings (SSSR count). The van der Waals surface area contributed by atoms with Crippen molar-refractivity contribution in [3.63, 3.8) is 0 Å². The third kappa shape index (κ3) is 3.21. The van der Waals surface area contributed by atoms with Crippen molar-refractivity contribution in [2.75, 3.05) is 0 Å². The van der Waals surface area contributed by atoms with E-state index in [-0.39, 0.29) is 10.8 Å². The average Bonchev–Trinajstić information content (AvgIpc) is 2.16. The minimum absolute atomic E-state index is 0.0556. The monoisotopic (exact) mass is 241 g/mol. The minimum atomic E-state index is -0.993. The summed E-state index contributed by atoms with van der Waals surface area (Å²) in [7, 11) is 0. The second kappa shape index (κ2) is 5.32. The van der Waals surface area contributed by atoms with Crippen LogP contribution in [0, 0.1) is 6.92 Å². The van der Waals surface area contributed by atoms with Crippen molar-refractivity contribution in [2.24, 2.45) is 0 Å². The second-order valence-electron chi connectivity index (χ2n) is 3.69. The normalized spacial score (nSPS) is 14.5. The zero-order valence-electron chi connectivity index (χ0n) is 9.47. The maximum Gasteiger partial charge on any atom is 0.338 e. The number of rotatable bonds is 4. The molecule has 4 nitrogen and oxygen atoms in total. The molecule has 0 bridgehead atoms. The summed E-state index contributed by atoms with van der Waals surface area (Å²) < 4.78 is 0. The fourth-order valence-electron chi connectivity index (χ4n) is 1.09. The molecule has 0 amide bonds. The van der Waals surface area contributed by atoms with Gasteiger partial charge in [-0.1, -0.05) is 6.92 Å². The van der Waals surface area contributed by atoms with Crippen molar-refractivity contribution in [3.05, 3.63) is 23.5 Å². The van der Waals surface area contributed by atoms with Crippen molar-refractivity contribution >= 4 is 17.7 Å². The quantitative estimate of drug-likeness (QED) is 0.788. The Morgan fingerprint density at radius 3 is 2.62 bits per heavy atom. The topological polar surface area (TPSA) is 70.4 Å². The van der Waals surface area contributed by atoms with Crippen molar-refractivity contribution in [3.8, 4) is 0 Å². The number of aliphatic hydroxyl groups excluding tert-OH is 1. The van der Waals surface area contributed by atoms with E-state index in [0.29, 0.717) is 4.90 Å². The summed E-state index contributed by atoms with van der Waals surface area (Å²) in [6, 6.07) is 1.73. The lowest BCUT2D eigenvalue weighted by molar-refractivity contribution is 0.0692. The number of nitrogens with zero attached hydrogens (tertiary/aromatic N) is 1. The third-order valence-electron chi connectivity index (χ3n) is 2.23. The second-order valence-corrected chi connectivity index (χ2v) is 5.11. The average molecular weight is 241 g/mol. The van der Waals surface area contributed by atoms with Crippen LogP contribution in [0.3, 0.4) is 0 Å². The molecule has 0 aliphatic heterocycles. The zero-order chi connectivity index (χ0) is 12.3. The van der Waals surface area contributed by atoms with E-state index in [0.717, 1.165) is 5.69 Å². The lowest BCUT2D eigenvalue weighted by Crippen LogP contribution is -2.15. The van der Waals surface area contributed by atoms with E-state index in [2.05, 4.69) is 4.98 Å². The fraction of sp³-hybridized carbons (Fsp3) is 0.455. The Kier molecular flexibility index (Phi) is 4.32. The standard InChI is InChI=1S/C11H15NO3S/c1-6-4-10(16-8(3)7(2)13)9(5-12-6)11(14)15/h4-5,7-8,13H,1-3H3,(H,14,15). The SMILES string of the molecule is Cc1cc(SC(C)C(C)O)c(C(=O)O)cn1. The van der Waals surface area contributed by atoms with Gasteiger partial charge in [-0.25, -0.2) is 4.79 Å². The molecule has 1 heterocycles. The van der Waals surface area contributed by atoms with E-state index in [1.54, 1.807) is 13.0 Å². The van der Waals surface area contributed by atoms with E-state index in [1.165, 1.54) is 18.0 Å². The summed E-state index contributed by atoms with van der Waals surface area (Å²) in [5, 5.41) is 18.3. The number of hydrogen-bond donors (Lipinski definition) is 2. The predicted molar refractivity (Wildman–Crippen MR) is 62.9 cm³/mol. The van der Waals surface area contributed by atoms with Gasteiger partial charge in [-0.2, -0.15) is 0 Å². The molecule has 5 heteroatoms. The minimum Gasteiger partial charge on any atom is -0.478 e. The highest BCUT2D eigenvalue weighted by Crippen LogP contribution is 2.28. The van der Waals surface area contributed by atoms with Gasteiger partial charge in [-0.3, -0.25) is 4.98 Å². The van der Waals surface area contributed by atoms with Gasteiger partial charge in [0.05, 0.1) is 11.7 Å². The fourth-order valence-corrected chi connectivity index (χ4v) is 2.19. The number of carboxylic acid groups (broad SMARTS) is 1. The molecule has 88 valence electrons. The van der Waals surface area contributed by atoms with Crippen LogP contribution in [0.2, 0.25) is 0 Å². The van der Waals surface area contributed by atoms with E-state index in [1.807, 2.05) is 13.8 Å². The van der Waals surface area contributed by atoms with Crippen molar-refractivity contribution in [1.82, 2.24) is 4.98 Å². The van der Waals surface area contributed by atoms with Crippen LogP contribution in [0.5, 0.6) is 0 Å². The van der Waals surface area contributed by atoms with Crippen LogP contribution in [0.1, 0.15) is 29.9 Å². The largest absolute Gasteiger partial charge is 0.478 e. The first-order chi connectivity index (χ1) is 7.41. The van der Waals surface area contributed by atoms with Crippen LogP contribution < -0.4 is 0 Å². The Morgan fingerprint density at radius 1 is 1.50 bits per heavy atom. The molecule has 2 unspecified atom stereocenters. The molecule has 0 aliphatic rings. The molecule has 0 aliphatic carbocycles. The summed E-state index contributed by atoms with van der Waals surface area (Å²) in [6.07, 6.45) is 0.870. The highest BCUT2D eigenvalue weighted by Gasteiger charge is 2.16. The Morgan fingerprint density at radius 2 is 2.12 bits per heavy atom. The van der Waals surface area contributed by atoms with Crippen LogP contribution in [0.4, 0.5) is 0 Å². The number of aliphatic hydroxyl groups is 1. The van der Waals surface area contributed by atoms with Gasteiger partial charge in [0.25, 0.3) is 0 Å². The van der Waals surface area contributed by atoms with Crippen molar-refractivity contribution < 1.29 is 15.0 Å². The smallest absolute Gasteiger partial charge is 0.338 e. The molecule has 0 saturated heterocycles. The molecule has 0 aromatic carbocycles. The van der Waals surface area contributed by atoms with Crippen molar-refractivity contribution in [1.29, 1.82) is 0 Å². The van der Waals surface area contributed by atoms with Gasteiger partial charge < -0.3 is 10.2 Å². The van der Waals surface area contributed by atoms with Gasteiger partial charge in [0, 0.05) is 22.0 Å². The van der Waals surface area contributed by atoms with Crippen LogP contribution in [0.25, 0.3) is 0 Å². The number of carbonyl (C=O) groups is 1. The third-order valence-corrected chi connectivity index (χ3v) is 3.58. The Labute approximate surface area is 98.7 Å². The maximum atomic E-state index is 11.0. The summed E-state index contributed by atoms with van der Waals surface area (Å²) >= 11 is 1.35. The summed E-state index contributed by atoms with van der Waals surface area (Å²) in [4.78, 5) is 15.6. The Bertz CT molecular complexity index is 393. The predicted octanol–water partition coefficient (Wildman–Crippen LogP) is 1.95. The lowest BCUT2D eigenvalue weighted by Gasteiger charge is -2.15. The van der Waals surface area contributed by atoms with E-state index in [9.17, 15) is 9.90 Å². The molecular formula is C11H15NO3S. The molecule has 2 N–H and O–H groups in total. The summed E-state index contributed by atoms with van der Waals surface area (Å²) in [6.45, 7) is 5.35. The first kappa shape index (κ1) is 13.0. The van der Waals surface area contributed by atoms with E-state index >= 15 is 0 Å². The number of thioether (sulfide) groups is 1. The summed E-state index contributed by atoms with van der Waals surface area (Å²) in [5.41, 5.74) is 0.952. The number of aromatic carboxylic acids is 1. The highest BCUT2D eigenvalue weighted by molar-refractivity contribution is 8.00. The molecule has 0 saturated carbocycles. The zero-order valence-corrected chi connectivity index (χ0v) is 10.3. The van der Waals surface area contributed by atoms with Gasteiger partial charge in [0.1, 0.15) is 0 Å². The highest BCUT2D eigenvalue weighted by atomic mass is 32.2. The lowest BCUT2D eigenvalue weighted by atomic mass is 10.2. The molecule has 1 aromatic heterocycles. The number of carboxylic acids is 1. The first-order valence-corrected chi connectivity index (χ1v) is 5.84. The molecule has 0 spiro atoms. The van der Waals surface area contributed by atoms with Gasteiger partial charge in [-0.05, 0) is 19.9 Å². The number of pyridine rings is 1. The summed E-state index contributed by atoms with van der Waals surface area (Å²) in [5.74, 6) is -0.993. The molecule has 0 fully saturated rings. The van der Waals surface area contributed by atoms with Gasteiger partial charge in [-0.15, -0.1) is 11.8 Å². The van der Waals surface area contributed by atoms with Crippen LogP contribution in [-0.2, 0) is 0 Å². The Balaban J connectivity index is 3.01. The van der Waals surface area contributed by atoms with Gasteiger partial charge in [0.15, 0.2) is 0 Å². The number of aryl methyl sites for hydroxylation is 1.